The quantitative estimate of drug-likeness (QED) is 0.561. The Hall–Kier alpha value is -3.60. The van der Waals surface area contributed by atoms with Gasteiger partial charge < -0.3 is 19.1 Å². The zero-order valence-electron chi connectivity index (χ0n) is 18.7. The van der Waals surface area contributed by atoms with Crippen LogP contribution in [-0.2, 0) is 16.0 Å². The van der Waals surface area contributed by atoms with Gasteiger partial charge in [0.1, 0.15) is 11.2 Å². The van der Waals surface area contributed by atoms with Crippen LogP contribution in [0.15, 0.2) is 29.3 Å². The van der Waals surface area contributed by atoms with Crippen molar-refractivity contribution in [2.75, 3.05) is 38.2 Å². The smallest absolute Gasteiger partial charge is 0.280 e. The van der Waals surface area contributed by atoms with Crippen molar-refractivity contribution in [3.8, 4) is 17.2 Å². The molecule has 0 saturated carbocycles. The number of rotatable bonds is 7. The molecule has 0 radical (unpaired) electrons. The molecular weight excluding hydrogens is 448 g/mol. The number of carbonyl (C=O) groups is 2. The van der Waals surface area contributed by atoms with Gasteiger partial charge in [-0.2, -0.15) is 0 Å². The lowest BCUT2D eigenvalue weighted by Gasteiger charge is -2.20. The zero-order chi connectivity index (χ0) is 23.7. The van der Waals surface area contributed by atoms with Crippen LogP contribution in [0.1, 0.15) is 18.2 Å². The van der Waals surface area contributed by atoms with Crippen molar-refractivity contribution < 1.29 is 23.8 Å². The molecule has 1 N–H and O–H groups in total. The van der Waals surface area contributed by atoms with Gasteiger partial charge in [0.15, 0.2) is 11.5 Å². The van der Waals surface area contributed by atoms with Gasteiger partial charge in [-0.05, 0) is 12.5 Å². The molecule has 10 nitrogen and oxygen atoms in total. The van der Waals surface area contributed by atoms with Gasteiger partial charge in [-0.15, -0.1) is 11.3 Å². The Balaban J connectivity index is 1.55. The second-order valence-corrected chi connectivity index (χ2v) is 8.59. The first-order chi connectivity index (χ1) is 15.9. The van der Waals surface area contributed by atoms with Crippen LogP contribution in [0.3, 0.4) is 0 Å². The number of benzene rings is 1. The third-order valence-electron chi connectivity index (χ3n) is 5.54. The molecule has 3 heterocycles. The Kier molecular flexibility index (Phi) is 6.23. The molecule has 1 saturated heterocycles. The summed E-state index contributed by atoms with van der Waals surface area (Å²) in [5.74, 6) is -0.0934. The number of hydrogen-bond donors (Lipinski definition) is 1. The number of ether oxygens (including phenoxy) is 3. The Morgan fingerprint density at radius 1 is 1.15 bits per heavy atom. The van der Waals surface area contributed by atoms with Crippen LogP contribution in [-0.4, -0.2) is 49.3 Å². The molecule has 1 aromatic carbocycles. The van der Waals surface area contributed by atoms with Crippen LogP contribution in [0, 0.1) is 5.92 Å². The average molecular weight is 473 g/mol. The largest absolute Gasteiger partial charge is 0.493 e. The minimum atomic E-state index is -0.645. The van der Waals surface area contributed by atoms with E-state index in [1.54, 1.807) is 18.2 Å². The van der Waals surface area contributed by atoms with Gasteiger partial charge in [0, 0.05) is 30.0 Å². The van der Waals surface area contributed by atoms with Gasteiger partial charge in [0.2, 0.25) is 17.6 Å². The molecule has 1 fully saturated rings. The van der Waals surface area contributed by atoms with E-state index in [1.165, 1.54) is 43.9 Å². The standard InChI is InChI=1S/C22H24N4O6S/c1-5-14-9-15-21(33-14)23-11-26(22(15)29)24-20(28)12-6-18(27)25(10-12)13-7-16(30-2)19(32-4)17(8-13)31-3/h7-9,11-12H,5-6,10H2,1-4H3,(H,24,28). The van der Waals surface area contributed by atoms with Crippen molar-refractivity contribution >= 4 is 39.1 Å². The van der Waals surface area contributed by atoms with Crippen LogP contribution < -0.4 is 30.1 Å². The summed E-state index contributed by atoms with van der Waals surface area (Å²) in [5, 5.41) is 0.459. The summed E-state index contributed by atoms with van der Waals surface area (Å²) < 4.78 is 17.1. The van der Waals surface area contributed by atoms with Crippen LogP contribution in [0.25, 0.3) is 10.2 Å². The number of nitrogens with one attached hydrogen (secondary N) is 1. The molecule has 0 spiro atoms. The number of amides is 2. The zero-order valence-corrected chi connectivity index (χ0v) is 19.5. The Morgan fingerprint density at radius 2 is 1.85 bits per heavy atom. The maximum absolute atomic E-state index is 12.9. The second kappa shape index (κ2) is 9.10. The first-order valence-electron chi connectivity index (χ1n) is 10.3. The number of anilines is 1. The number of hydrogen-bond acceptors (Lipinski definition) is 8. The van der Waals surface area contributed by atoms with E-state index >= 15 is 0 Å². The Labute approximate surface area is 193 Å². The van der Waals surface area contributed by atoms with Crippen molar-refractivity contribution in [1.29, 1.82) is 0 Å². The summed E-state index contributed by atoms with van der Waals surface area (Å²) >= 11 is 1.45. The highest BCUT2D eigenvalue weighted by Gasteiger charge is 2.36. The number of aryl methyl sites for hydroxylation is 1. The van der Waals surface area contributed by atoms with E-state index in [9.17, 15) is 14.4 Å². The normalized spacial score (nSPS) is 15.7. The number of methoxy groups -OCH3 is 3. The van der Waals surface area contributed by atoms with Crippen molar-refractivity contribution in [3.63, 3.8) is 0 Å². The summed E-state index contributed by atoms with van der Waals surface area (Å²) in [4.78, 5) is 45.8. The van der Waals surface area contributed by atoms with Crippen molar-refractivity contribution in [2.24, 2.45) is 5.92 Å². The monoisotopic (exact) mass is 472 g/mol. The highest BCUT2D eigenvalue weighted by atomic mass is 32.1. The highest BCUT2D eigenvalue weighted by Crippen LogP contribution is 2.42. The van der Waals surface area contributed by atoms with E-state index in [0.29, 0.717) is 33.2 Å². The molecular formula is C22H24N4O6S. The fraction of sp³-hybridized carbons (Fsp3) is 0.364. The number of thiophene rings is 1. The predicted octanol–water partition coefficient (Wildman–Crippen LogP) is 2.17. The van der Waals surface area contributed by atoms with E-state index in [1.807, 2.05) is 6.92 Å². The molecule has 1 aliphatic rings. The van der Waals surface area contributed by atoms with Crippen molar-refractivity contribution in [1.82, 2.24) is 9.66 Å². The topological polar surface area (TPSA) is 112 Å². The maximum atomic E-state index is 12.9. The van der Waals surface area contributed by atoms with Gasteiger partial charge in [0.25, 0.3) is 5.56 Å². The second-order valence-electron chi connectivity index (χ2n) is 7.47. The van der Waals surface area contributed by atoms with Gasteiger partial charge in [0.05, 0.1) is 38.3 Å². The molecule has 2 aromatic heterocycles. The predicted molar refractivity (Wildman–Crippen MR) is 124 cm³/mol. The Bertz CT molecular complexity index is 1260. The molecule has 4 rings (SSSR count). The minimum Gasteiger partial charge on any atom is -0.493 e. The number of carbonyl (C=O) groups excluding carboxylic acids is 2. The maximum Gasteiger partial charge on any atom is 0.280 e. The highest BCUT2D eigenvalue weighted by molar-refractivity contribution is 7.18. The summed E-state index contributed by atoms with van der Waals surface area (Å²) in [6.07, 6.45) is 2.10. The molecule has 1 unspecified atom stereocenters. The van der Waals surface area contributed by atoms with E-state index < -0.39 is 11.8 Å². The average Bonchev–Trinajstić information content (AvgIpc) is 3.43. The lowest BCUT2D eigenvalue weighted by molar-refractivity contribution is -0.123. The van der Waals surface area contributed by atoms with E-state index in [2.05, 4.69) is 10.4 Å². The number of aromatic nitrogens is 2. The minimum absolute atomic E-state index is 0.00531. The van der Waals surface area contributed by atoms with Crippen LogP contribution in [0.2, 0.25) is 0 Å². The Morgan fingerprint density at radius 3 is 2.45 bits per heavy atom. The third kappa shape index (κ3) is 4.11. The summed E-state index contributed by atoms with van der Waals surface area (Å²) in [6.45, 7) is 2.15. The molecule has 0 bridgehead atoms. The first kappa shape index (κ1) is 22.6. The summed E-state index contributed by atoms with van der Waals surface area (Å²) in [6, 6.07) is 5.11. The molecule has 1 aliphatic heterocycles. The molecule has 11 heteroatoms. The van der Waals surface area contributed by atoms with Gasteiger partial charge >= 0.3 is 0 Å². The number of fused-ring (bicyclic) bond motifs is 1. The fourth-order valence-corrected chi connectivity index (χ4v) is 4.72. The molecule has 33 heavy (non-hydrogen) atoms. The van der Waals surface area contributed by atoms with Gasteiger partial charge in [-0.1, -0.05) is 6.92 Å². The lowest BCUT2D eigenvalue weighted by Crippen LogP contribution is -2.37. The van der Waals surface area contributed by atoms with E-state index in [0.717, 1.165) is 16.0 Å². The molecule has 2 amide bonds. The van der Waals surface area contributed by atoms with E-state index in [-0.39, 0.29) is 24.4 Å². The molecule has 3 aromatic rings. The van der Waals surface area contributed by atoms with Crippen molar-refractivity contribution in [2.45, 2.75) is 19.8 Å². The summed E-state index contributed by atoms with van der Waals surface area (Å²) in [5.41, 5.74) is 2.76. The molecule has 1 atom stereocenters. The third-order valence-corrected chi connectivity index (χ3v) is 6.73. The van der Waals surface area contributed by atoms with Gasteiger partial charge in [-0.3, -0.25) is 19.8 Å². The van der Waals surface area contributed by atoms with Crippen LogP contribution in [0.5, 0.6) is 17.2 Å². The molecule has 0 aliphatic carbocycles. The van der Waals surface area contributed by atoms with Crippen LogP contribution >= 0.6 is 11.3 Å². The molecule has 174 valence electrons. The van der Waals surface area contributed by atoms with Gasteiger partial charge in [-0.25, -0.2) is 9.66 Å². The van der Waals surface area contributed by atoms with Crippen LogP contribution in [0.4, 0.5) is 5.69 Å². The fourth-order valence-electron chi connectivity index (χ4n) is 3.79. The number of nitrogens with zero attached hydrogens (tertiary/aromatic N) is 3. The SMILES string of the molecule is CCc1cc2c(=O)n(NC(=O)C3CC(=O)N(c4cc(OC)c(OC)c(OC)c4)C3)cnc2s1. The lowest BCUT2D eigenvalue weighted by atomic mass is 10.1. The van der Waals surface area contributed by atoms with E-state index in [4.69, 9.17) is 14.2 Å². The summed E-state index contributed by atoms with van der Waals surface area (Å²) in [7, 11) is 4.47. The van der Waals surface area contributed by atoms with Crippen molar-refractivity contribution in [3.05, 3.63) is 39.8 Å². The first-order valence-corrected chi connectivity index (χ1v) is 11.1.